The lowest BCUT2D eigenvalue weighted by Gasteiger charge is -2.16. The molecule has 5 nitrogen and oxygen atoms in total. The molecular weight excluding hydrogens is 206 g/mol. The van der Waals surface area contributed by atoms with Crippen molar-refractivity contribution in [2.24, 2.45) is 0 Å². The second-order valence-electron chi connectivity index (χ2n) is 4.14. The number of nitrogens with one attached hydrogen (secondary N) is 1. The zero-order chi connectivity index (χ0) is 12.6. The molecule has 0 heterocycles. The lowest BCUT2D eigenvalue weighted by atomic mass is 10.3. The number of likely N-dealkylation sites (N-methyl/N-ethyl adjacent to an activating group) is 2. The number of amides is 2. The van der Waals surface area contributed by atoms with Gasteiger partial charge in [-0.2, -0.15) is 0 Å². The molecule has 16 heavy (non-hydrogen) atoms. The fourth-order valence-electron chi connectivity index (χ4n) is 1.14. The van der Waals surface area contributed by atoms with Crippen molar-refractivity contribution >= 4 is 11.8 Å². The van der Waals surface area contributed by atoms with Crippen molar-refractivity contribution < 1.29 is 9.59 Å². The van der Waals surface area contributed by atoms with Crippen LogP contribution < -0.4 is 5.32 Å². The van der Waals surface area contributed by atoms with Crippen molar-refractivity contribution in [1.29, 1.82) is 0 Å². The van der Waals surface area contributed by atoms with Crippen LogP contribution in [0.25, 0.3) is 0 Å². The summed E-state index contributed by atoms with van der Waals surface area (Å²) in [6, 6.07) is 0. The topological polar surface area (TPSA) is 52.7 Å². The molecule has 0 aliphatic heterocycles. The molecule has 5 heteroatoms. The van der Waals surface area contributed by atoms with Gasteiger partial charge in [0.1, 0.15) is 0 Å². The van der Waals surface area contributed by atoms with Crippen molar-refractivity contribution in [2.45, 2.75) is 19.8 Å². The molecule has 0 spiro atoms. The van der Waals surface area contributed by atoms with E-state index in [1.54, 1.807) is 7.05 Å². The van der Waals surface area contributed by atoms with Gasteiger partial charge in [0, 0.05) is 26.7 Å². The van der Waals surface area contributed by atoms with Crippen LogP contribution in [0.3, 0.4) is 0 Å². The average Bonchev–Trinajstić information content (AvgIpc) is 2.24. The molecule has 0 aromatic carbocycles. The quantitative estimate of drug-likeness (QED) is 0.648. The predicted octanol–water partition coefficient (Wildman–Crippen LogP) is -0.0773. The van der Waals surface area contributed by atoms with Crippen molar-refractivity contribution in [3.8, 4) is 0 Å². The molecule has 0 aromatic rings. The van der Waals surface area contributed by atoms with Gasteiger partial charge < -0.3 is 15.1 Å². The molecule has 2 amide bonds. The van der Waals surface area contributed by atoms with E-state index < -0.39 is 11.8 Å². The number of carbonyl (C=O) groups excluding carboxylic acids is 2. The second kappa shape index (κ2) is 8.10. The normalized spacial score (nSPS) is 10.3. The highest BCUT2D eigenvalue weighted by molar-refractivity contribution is 6.34. The summed E-state index contributed by atoms with van der Waals surface area (Å²) >= 11 is 0. The van der Waals surface area contributed by atoms with Crippen LogP contribution in [0.2, 0.25) is 0 Å². The molecule has 0 aromatic heterocycles. The fraction of sp³-hybridized carbons (Fsp3) is 0.818. The molecule has 0 saturated carbocycles. The van der Waals surface area contributed by atoms with Crippen LogP contribution in [-0.2, 0) is 9.59 Å². The summed E-state index contributed by atoms with van der Waals surface area (Å²) in [6.07, 6.45) is 1.94. The van der Waals surface area contributed by atoms with Crippen LogP contribution in [0.5, 0.6) is 0 Å². The van der Waals surface area contributed by atoms with Gasteiger partial charge in [-0.05, 0) is 20.5 Å². The molecule has 0 saturated heterocycles. The minimum absolute atomic E-state index is 0.452. The SMILES string of the molecule is CCCCN(C)C(=O)C(=O)NCCN(C)C. The van der Waals surface area contributed by atoms with E-state index >= 15 is 0 Å². The first kappa shape index (κ1) is 14.9. The number of hydrogen-bond acceptors (Lipinski definition) is 3. The molecular formula is C11H23N3O2. The van der Waals surface area contributed by atoms with Crippen LogP contribution in [-0.4, -0.2) is 62.4 Å². The van der Waals surface area contributed by atoms with Crippen molar-refractivity contribution in [1.82, 2.24) is 15.1 Å². The highest BCUT2D eigenvalue weighted by atomic mass is 16.2. The highest BCUT2D eigenvalue weighted by Crippen LogP contribution is 1.92. The van der Waals surface area contributed by atoms with Crippen molar-refractivity contribution in [3.63, 3.8) is 0 Å². The number of nitrogens with zero attached hydrogens (tertiary/aromatic N) is 2. The van der Waals surface area contributed by atoms with E-state index in [0.29, 0.717) is 13.1 Å². The van der Waals surface area contributed by atoms with E-state index in [4.69, 9.17) is 0 Å². The van der Waals surface area contributed by atoms with E-state index in [9.17, 15) is 9.59 Å². The van der Waals surface area contributed by atoms with E-state index in [-0.39, 0.29) is 0 Å². The van der Waals surface area contributed by atoms with Gasteiger partial charge in [-0.3, -0.25) is 9.59 Å². The molecule has 0 fully saturated rings. The fourth-order valence-corrected chi connectivity index (χ4v) is 1.14. The minimum Gasteiger partial charge on any atom is -0.347 e. The lowest BCUT2D eigenvalue weighted by Crippen LogP contribution is -2.43. The summed E-state index contributed by atoms with van der Waals surface area (Å²) in [4.78, 5) is 26.3. The second-order valence-corrected chi connectivity index (χ2v) is 4.14. The van der Waals surface area contributed by atoms with Gasteiger partial charge in [-0.1, -0.05) is 13.3 Å². The van der Waals surface area contributed by atoms with Gasteiger partial charge in [0.2, 0.25) is 0 Å². The molecule has 0 atom stereocenters. The van der Waals surface area contributed by atoms with Crippen molar-refractivity contribution in [2.75, 3.05) is 40.8 Å². The Morgan fingerprint density at radius 3 is 2.25 bits per heavy atom. The molecule has 0 aliphatic rings. The zero-order valence-corrected chi connectivity index (χ0v) is 10.7. The Morgan fingerprint density at radius 2 is 1.75 bits per heavy atom. The Balaban J connectivity index is 3.84. The Hall–Kier alpha value is -1.10. The van der Waals surface area contributed by atoms with Crippen molar-refractivity contribution in [3.05, 3.63) is 0 Å². The maximum Gasteiger partial charge on any atom is 0.311 e. The lowest BCUT2D eigenvalue weighted by molar-refractivity contribution is -0.145. The summed E-state index contributed by atoms with van der Waals surface area (Å²) in [5.41, 5.74) is 0. The Labute approximate surface area is 97.8 Å². The minimum atomic E-state index is -0.513. The van der Waals surface area contributed by atoms with Gasteiger partial charge in [-0.15, -0.1) is 0 Å². The molecule has 0 aliphatic carbocycles. The summed E-state index contributed by atoms with van der Waals surface area (Å²) < 4.78 is 0. The largest absolute Gasteiger partial charge is 0.347 e. The van der Waals surface area contributed by atoms with Crippen LogP contribution in [0.4, 0.5) is 0 Å². The highest BCUT2D eigenvalue weighted by Gasteiger charge is 2.17. The monoisotopic (exact) mass is 229 g/mol. The number of unbranched alkanes of at least 4 members (excludes halogenated alkanes) is 1. The third kappa shape index (κ3) is 6.40. The standard InChI is InChI=1S/C11H23N3O2/c1-5-6-8-14(4)11(16)10(15)12-7-9-13(2)3/h5-9H2,1-4H3,(H,12,15). The van der Waals surface area contributed by atoms with Gasteiger partial charge in [0.25, 0.3) is 0 Å². The smallest absolute Gasteiger partial charge is 0.311 e. The zero-order valence-electron chi connectivity index (χ0n) is 10.7. The third-order valence-electron chi connectivity index (χ3n) is 2.23. The molecule has 1 N–H and O–H groups in total. The summed E-state index contributed by atoms with van der Waals surface area (Å²) in [5.74, 6) is -0.965. The molecule has 0 unspecified atom stereocenters. The number of rotatable bonds is 6. The first-order chi connectivity index (χ1) is 7.49. The summed E-state index contributed by atoms with van der Waals surface area (Å²) in [6.45, 7) is 3.92. The molecule has 0 rings (SSSR count). The maximum absolute atomic E-state index is 11.5. The van der Waals surface area contributed by atoms with Crippen LogP contribution >= 0.6 is 0 Å². The third-order valence-corrected chi connectivity index (χ3v) is 2.23. The predicted molar refractivity (Wildman–Crippen MR) is 64.1 cm³/mol. The first-order valence-electron chi connectivity index (χ1n) is 5.67. The van der Waals surface area contributed by atoms with E-state index in [1.165, 1.54) is 4.90 Å². The van der Waals surface area contributed by atoms with Gasteiger partial charge >= 0.3 is 11.8 Å². The Morgan fingerprint density at radius 1 is 1.12 bits per heavy atom. The van der Waals surface area contributed by atoms with Crippen LogP contribution in [0.1, 0.15) is 19.8 Å². The number of carbonyl (C=O) groups is 2. The van der Waals surface area contributed by atoms with E-state index in [2.05, 4.69) is 12.2 Å². The van der Waals surface area contributed by atoms with E-state index in [0.717, 1.165) is 19.4 Å². The average molecular weight is 229 g/mol. The molecule has 94 valence electrons. The van der Waals surface area contributed by atoms with Gasteiger partial charge in [-0.25, -0.2) is 0 Å². The maximum atomic E-state index is 11.5. The molecule has 0 bridgehead atoms. The Bertz CT molecular complexity index is 229. The van der Waals surface area contributed by atoms with Gasteiger partial charge in [0.05, 0.1) is 0 Å². The number of hydrogen-bond donors (Lipinski definition) is 1. The summed E-state index contributed by atoms with van der Waals surface area (Å²) in [7, 11) is 5.49. The molecule has 0 radical (unpaired) electrons. The van der Waals surface area contributed by atoms with Gasteiger partial charge in [0.15, 0.2) is 0 Å². The van der Waals surface area contributed by atoms with Crippen LogP contribution in [0.15, 0.2) is 0 Å². The van der Waals surface area contributed by atoms with Crippen LogP contribution in [0, 0.1) is 0 Å². The first-order valence-corrected chi connectivity index (χ1v) is 5.67. The van der Waals surface area contributed by atoms with E-state index in [1.807, 2.05) is 19.0 Å². The Kier molecular flexibility index (Phi) is 7.54. The summed E-state index contributed by atoms with van der Waals surface area (Å²) in [5, 5.41) is 2.60.